The van der Waals surface area contributed by atoms with E-state index in [1.807, 2.05) is 11.8 Å². The van der Waals surface area contributed by atoms with Crippen LogP contribution in [0.1, 0.15) is 11.1 Å². The van der Waals surface area contributed by atoms with Gasteiger partial charge in [-0.1, -0.05) is 17.7 Å². The SMILES string of the molecule is Cc1ccc(S(=O)(=O)NN=Cc2cc(Br)cnc2F)cc1. The van der Waals surface area contributed by atoms with Crippen LogP contribution in [0.3, 0.4) is 0 Å². The number of hydrogen-bond donors (Lipinski definition) is 1. The molecule has 1 aromatic heterocycles. The van der Waals surface area contributed by atoms with Gasteiger partial charge in [-0.2, -0.15) is 17.9 Å². The topological polar surface area (TPSA) is 71.4 Å². The number of pyridine rings is 1. The smallest absolute Gasteiger partial charge is 0.227 e. The number of aryl methyl sites for hydroxylation is 1. The Morgan fingerprint density at radius 2 is 2.00 bits per heavy atom. The van der Waals surface area contributed by atoms with Crippen LogP contribution in [0.5, 0.6) is 0 Å². The number of aromatic nitrogens is 1. The Hall–Kier alpha value is -1.80. The lowest BCUT2D eigenvalue weighted by atomic mass is 10.2. The van der Waals surface area contributed by atoms with E-state index in [9.17, 15) is 12.8 Å². The maximum Gasteiger partial charge on any atom is 0.276 e. The Morgan fingerprint density at radius 1 is 1.33 bits per heavy atom. The van der Waals surface area contributed by atoms with Crippen LogP contribution in [0.15, 0.2) is 51.0 Å². The van der Waals surface area contributed by atoms with Crippen molar-refractivity contribution >= 4 is 32.2 Å². The van der Waals surface area contributed by atoms with Crippen LogP contribution in [0.2, 0.25) is 0 Å². The summed E-state index contributed by atoms with van der Waals surface area (Å²) in [5.74, 6) is -0.739. The number of benzene rings is 1. The third-order valence-corrected chi connectivity index (χ3v) is 4.21. The fourth-order valence-corrected chi connectivity index (χ4v) is 2.60. The second-order valence-electron chi connectivity index (χ2n) is 4.20. The Kier molecular flexibility index (Phi) is 4.69. The standard InChI is InChI=1S/C13H11BrFN3O2S/c1-9-2-4-12(5-3-9)21(19,20)18-17-7-10-6-11(14)8-16-13(10)15/h2-8,18H,1H3. The molecule has 0 amide bonds. The van der Waals surface area contributed by atoms with Gasteiger partial charge < -0.3 is 0 Å². The molecule has 0 saturated carbocycles. The summed E-state index contributed by atoms with van der Waals surface area (Å²) >= 11 is 3.14. The highest BCUT2D eigenvalue weighted by Crippen LogP contribution is 2.12. The van der Waals surface area contributed by atoms with Crippen LogP contribution in [0.25, 0.3) is 0 Å². The minimum Gasteiger partial charge on any atom is -0.227 e. The summed E-state index contributed by atoms with van der Waals surface area (Å²) in [5, 5.41) is 3.55. The van der Waals surface area contributed by atoms with Crippen molar-refractivity contribution in [2.75, 3.05) is 0 Å². The molecule has 1 aromatic carbocycles. The second kappa shape index (κ2) is 6.31. The third kappa shape index (κ3) is 4.08. The largest absolute Gasteiger partial charge is 0.276 e. The highest BCUT2D eigenvalue weighted by Gasteiger charge is 2.12. The molecule has 0 aliphatic heterocycles. The van der Waals surface area contributed by atoms with Crippen LogP contribution >= 0.6 is 15.9 Å². The number of hydrogen-bond acceptors (Lipinski definition) is 4. The quantitative estimate of drug-likeness (QED) is 0.510. The summed E-state index contributed by atoms with van der Waals surface area (Å²) in [6.45, 7) is 1.85. The molecule has 110 valence electrons. The molecule has 0 unspecified atom stereocenters. The van der Waals surface area contributed by atoms with Crippen LogP contribution < -0.4 is 4.83 Å². The molecule has 0 radical (unpaired) electrons. The fourth-order valence-electron chi connectivity index (χ4n) is 1.46. The second-order valence-corrected chi connectivity index (χ2v) is 6.78. The van der Waals surface area contributed by atoms with Crippen molar-refractivity contribution in [1.29, 1.82) is 0 Å². The third-order valence-electron chi connectivity index (χ3n) is 2.54. The summed E-state index contributed by atoms with van der Waals surface area (Å²) in [5.41, 5.74) is 1.01. The van der Waals surface area contributed by atoms with Crippen molar-refractivity contribution < 1.29 is 12.8 Å². The minimum atomic E-state index is -3.77. The first kappa shape index (κ1) is 15.6. The van der Waals surface area contributed by atoms with Gasteiger partial charge in [0.25, 0.3) is 10.0 Å². The van der Waals surface area contributed by atoms with E-state index in [1.165, 1.54) is 24.4 Å². The normalized spacial score (nSPS) is 11.8. The van der Waals surface area contributed by atoms with Gasteiger partial charge in [-0.05, 0) is 41.1 Å². The van der Waals surface area contributed by atoms with Crippen LogP contribution in [-0.4, -0.2) is 19.6 Å². The van der Waals surface area contributed by atoms with Crippen molar-refractivity contribution in [2.45, 2.75) is 11.8 Å². The Balaban J connectivity index is 2.16. The number of rotatable bonds is 4. The molecule has 0 atom stereocenters. The van der Waals surface area contributed by atoms with E-state index in [4.69, 9.17) is 0 Å². The van der Waals surface area contributed by atoms with Gasteiger partial charge in [-0.15, -0.1) is 0 Å². The molecular weight excluding hydrogens is 361 g/mol. The average Bonchev–Trinajstić information content (AvgIpc) is 2.43. The monoisotopic (exact) mass is 371 g/mol. The van der Waals surface area contributed by atoms with Crippen molar-refractivity contribution in [3.8, 4) is 0 Å². The summed E-state index contributed by atoms with van der Waals surface area (Å²) < 4.78 is 37.8. The summed E-state index contributed by atoms with van der Waals surface area (Å²) in [6.07, 6.45) is 2.35. The zero-order chi connectivity index (χ0) is 15.5. The molecule has 5 nitrogen and oxygen atoms in total. The van der Waals surface area contributed by atoms with Gasteiger partial charge >= 0.3 is 0 Å². The zero-order valence-corrected chi connectivity index (χ0v) is 13.3. The lowest BCUT2D eigenvalue weighted by molar-refractivity contribution is 0.579. The number of sulfonamides is 1. The molecule has 21 heavy (non-hydrogen) atoms. The van der Waals surface area contributed by atoms with Crippen molar-refractivity contribution in [1.82, 2.24) is 9.82 Å². The highest BCUT2D eigenvalue weighted by atomic mass is 79.9. The summed E-state index contributed by atoms with van der Waals surface area (Å²) in [7, 11) is -3.77. The Bertz CT molecular complexity index is 777. The molecule has 2 aromatic rings. The Labute approximate surface area is 130 Å². The summed E-state index contributed by atoms with van der Waals surface area (Å²) in [6, 6.07) is 7.72. The molecule has 2 rings (SSSR count). The lowest BCUT2D eigenvalue weighted by Gasteiger charge is -2.03. The predicted octanol–water partition coefficient (Wildman–Crippen LogP) is 2.60. The first-order chi connectivity index (χ1) is 9.88. The number of halogens is 2. The van der Waals surface area contributed by atoms with Gasteiger partial charge in [0.1, 0.15) is 0 Å². The van der Waals surface area contributed by atoms with Gasteiger partial charge in [0, 0.05) is 10.7 Å². The molecule has 0 saturated heterocycles. The van der Waals surface area contributed by atoms with Crippen LogP contribution in [-0.2, 0) is 10.0 Å². The van der Waals surface area contributed by atoms with Gasteiger partial charge in [0.15, 0.2) is 0 Å². The number of hydrazone groups is 1. The van der Waals surface area contributed by atoms with E-state index in [2.05, 4.69) is 26.0 Å². The van der Waals surface area contributed by atoms with Gasteiger partial charge in [-0.3, -0.25) is 0 Å². The van der Waals surface area contributed by atoms with E-state index in [-0.39, 0.29) is 10.5 Å². The van der Waals surface area contributed by atoms with E-state index in [1.54, 1.807) is 12.1 Å². The van der Waals surface area contributed by atoms with Gasteiger partial charge in [0.05, 0.1) is 16.7 Å². The minimum absolute atomic E-state index is 0.0657. The predicted molar refractivity (Wildman–Crippen MR) is 81.0 cm³/mol. The number of nitrogens with zero attached hydrogens (tertiary/aromatic N) is 2. The van der Waals surface area contributed by atoms with Gasteiger partial charge in [0.2, 0.25) is 5.95 Å². The van der Waals surface area contributed by atoms with Crippen LogP contribution in [0.4, 0.5) is 4.39 Å². The van der Waals surface area contributed by atoms with E-state index >= 15 is 0 Å². The zero-order valence-electron chi connectivity index (χ0n) is 10.9. The molecule has 0 spiro atoms. The Morgan fingerprint density at radius 3 is 2.67 bits per heavy atom. The van der Waals surface area contributed by atoms with Gasteiger partial charge in [-0.25, -0.2) is 9.82 Å². The molecule has 1 heterocycles. The molecule has 0 aliphatic carbocycles. The molecule has 8 heteroatoms. The van der Waals surface area contributed by atoms with Crippen molar-refractivity contribution in [3.05, 3.63) is 58.1 Å². The molecule has 0 aliphatic rings. The highest BCUT2D eigenvalue weighted by molar-refractivity contribution is 9.10. The first-order valence-electron chi connectivity index (χ1n) is 5.81. The lowest BCUT2D eigenvalue weighted by Crippen LogP contribution is -2.18. The maximum absolute atomic E-state index is 13.4. The summed E-state index contributed by atoms with van der Waals surface area (Å²) in [4.78, 5) is 5.58. The molecule has 0 bridgehead atoms. The number of nitrogens with one attached hydrogen (secondary N) is 1. The van der Waals surface area contributed by atoms with E-state index in [0.29, 0.717) is 4.47 Å². The maximum atomic E-state index is 13.4. The van der Waals surface area contributed by atoms with E-state index in [0.717, 1.165) is 11.8 Å². The average molecular weight is 372 g/mol. The molecule has 0 fully saturated rings. The van der Waals surface area contributed by atoms with Crippen LogP contribution in [0, 0.1) is 12.9 Å². The first-order valence-corrected chi connectivity index (χ1v) is 8.09. The fraction of sp³-hybridized carbons (Fsp3) is 0.0769. The molecule has 1 N–H and O–H groups in total. The van der Waals surface area contributed by atoms with Crippen molar-refractivity contribution in [2.24, 2.45) is 5.10 Å². The van der Waals surface area contributed by atoms with E-state index < -0.39 is 16.0 Å². The van der Waals surface area contributed by atoms with Crippen molar-refractivity contribution in [3.63, 3.8) is 0 Å². The molecular formula is C13H11BrFN3O2S.